The van der Waals surface area contributed by atoms with Gasteiger partial charge < -0.3 is 25.0 Å². The quantitative estimate of drug-likeness (QED) is 0.402. The van der Waals surface area contributed by atoms with Crippen LogP contribution < -0.4 is 10.6 Å². The van der Waals surface area contributed by atoms with Crippen molar-refractivity contribution in [3.05, 3.63) is 53.9 Å². The highest BCUT2D eigenvalue weighted by Crippen LogP contribution is 2.29. The van der Waals surface area contributed by atoms with E-state index in [9.17, 15) is 18.8 Å². The largest absolute Gasteiger partial charge is 0.342 e. The highest BCUT2D eigenvalue weighted by Gasteiger charge is 2.41. The van der Waals surface area contributed by atoms with Gasteiger partial charge in [-0.1, -0.05) is 52.2 Å². The third kappa shape index (κ3) is 8.43. The molecule has 0 radical (unpaired) electrons. The van der Waals surface area contributed by atoms with E-state index in [1.807, 2.05) is 31.9 Å². The molecule has 1 aliphatic carbocycles. The molecule has 236 valence electrons. The molecule has 2 N–H and O–H groups in total. The van der Waals surface area contributed by atoms with Gasteiger partial charge >= 0.3 is 0 Å². The Balaban J connectivity index is 1.53. The number of halogens is 1. The average Bonchev–Trinajstić information content (AvgIpc) is 3.68. The lowest BCUT2D eigenvalue weighted by Crippen LogP contribution is -2.59. The molecule has 9 nitrogen and oxygen atoms in total. The van der Waals surface area contributed by atoms with Crippen LogP contribution >= 0.6 is 0 Å². The van der Waals surface area contributed by atoms with Gasteiger partial charge in [0.25, 0.3) is 5.91 Å². The van der Waals surface area contributed by atoms with Crippen LogP contribution in [0, 0.1) is 11.2 Å². The zero-order valence-corrected chi connectivity index (χ0v) is 26.4. The van der Waals surface area contributed by atoms with Gasteiger partial charge in [-0.25, -0.2) is 9.37 Å². The van der Waals surface area contributed by atoms with Crippen molar-refractivity contribution >= 4 is 17.7 Å². The van der Waals surface area contributed by atoms with E-state index in [0.29, 0.717) is 37.8 Å². The molecule has 1 aliphatic heterocycles. The molecule has 1 aromatic carbocycles. The first-order valence-corrected chi connectivity index (χ1v) is 15.8. The molecule has 2 heterocycles. The molecular formula is C33H49FN6O3. The fraction of sp³-hybridized carbons (Fsp3) is 0.636. The van der Waals surface area contributed by atoms with Gasteiger partial charge in [0.05, 0.1) is 12.4 Å². The Morgan fingerprint density at radius 3 is 2.42 bits per heavy atom. The standard InChI is InChI=1S/C33H49FN6O3/c1-23(35-5)30(41)37-29(33(2,3)4)32(43)40-18-9-12-27(40)20-38(19-17-24-13-15-25(34)16-14-24)31(42)28-21-39(22-36-28)26-10-7-6-8-11-26/h13-16,21-23,26-27,29,35H,6-12,17-20H2,1-5H3,(H,37,41)/t23-,27-,29+/m0/s1. The third-order valence-corrected chi connectivity index (χ3v) is 9.01. The van der Waals surface area contributed by atoms with Gasteiger partial charge in [-0.2, -0.15) is 0 Å². The summed E-state index contributed by atoms with van der Waals surface area (Å²) in [6.45, 7) is 8.96. The molecule has 0 unspecified atom stereocenters. The zero-order chi connectivity index (χ0) is 31.1. The highest BCUT2D eigenvalue weighted by atomic mass is 19.1. The van der Waals surface area contributed by atoms with Gasteiger partial charge in [-0.15, -0.1) is 0 Å². The maximum Gasteiger partial charge on any atom is 0.274 e. The van der Waals surface area contributed by atoms with Crippen LogP contribution in [0.15, 0.2) is 36.8 Å². The third-order valence-electron chi connectivity index (χ3n) is 9.01. The minimum Gasteiger partial charge on any atom is -0.342 e. The number of nitrogens with zero attached hydrogens (tertiary/aromatic N) is 4. The molecule has 0 bridgehead atoms. The lowest BCUT2D eigenvalue weighted by Gasteiger charge is -2.37. The smallest absolute Gasteiger partial charge is 0.274 e. The van der Waals surface area contributed by atoms with Gasteiger partial charge in [0, 0.05) is 37.9 Å². The Morgan fingerprint density at radius 2 is 1.77 bits per heavy atom. The van der Waals surface area contributed by atoms with Crippen molar-refractivity contribution in [1.82, 2.24) is 30.0 Å². The molecule has 1 aromatic heterocycles. The Kier molecular flexibility index (Phi) is 11.0. The number of amides is 3. The number of nitrogens with one attached hydrogen (secondary N) is 2. The van der Waals surface area contributed by atoms with E-state index in [0.717, 1.165) is 31.2 Å². The first-order chi connectivity index (χ1) is 20.5. The van der Waals surface area contributed by atoms with Crippen LogP contribution in [0.5, 0.6) is 0 Å². The molecule has 43 heavy (non-hydrogen) atoms. The first-order valence-electron chi connectivity index (χ1n) is 15.8. The number of rotatable bonds is 11. The molecule has 1 saturated heterocycles. The van der Waals surface area contributed by atoms with Crippen molar-refractivity contribution in [2.24, 2.45) is 5.41 Å². The van der Waals surface area contributed by atoms with Gasteiger partial charge in [0.15, 0.2) is 0 Å². The number of likely N-dealkylation sites (N-methyl/N-ethyl adjacent to an activating group) is 1. The summed E-state index contributed by atoms with van der Waals surface area (Å²) in [6, 6.07) is 5.39. The van der Waals surface area contributed by atoms with Crippen molar-refractivity contribution in [2.75, 3.05) is 26.7 Å². The number of hydrogen-bond acceptors (Lipinski definition) is 5. The number of imidazole rings is 1. The number of carbonyl (C=O) groups excluding carboxylic acids is 3. The van der Waals surface area contributed by atoms with Crippen molar-refractivity contribution < 1.29 is 18.8 Å². The number of likely N-dealkylation sites (tertiary alicyclic amines) is 1. The second-order valence-corrected chi connectivity index (χ2v) is 13.3. The minimum absolute atomic E-state index is 0.126. The first kappa shape index (κ1) is 32.6. The van der Waals surface area contributed by atoms with E-state index in [2.05, 4.69) is 20.2 Å². The summed E-state index contributed by atoms with van der Waals surface area (Å²) in [6.07, 6.45) is 11.6. The normalized spacial score (nSPS) is 19.2. The van der Waals surface area contributed by atoms with Crippen molar-refractivity contribution in [1.29, 1.82) is 0 Å². The zero-order valence-electron chi connectivity index (χ0n) is 26.4. The number of carbonyl (C=O) groups is 3. The van der Waals surface area contributed by atoms with E-state index in [-0.39, 0.29) is 29.6 Å². The molecule has 3 amide bonds. The highest BCUT2D eigenvalue weighted by molar-refractivity contribution is 5.92. The van der Waals surface area contributed by atoms with E-state index < -0.39 is 17.5 Å². The molecule has 2 aromatic rings. The molecule has 0 spiro atoms. The van der Waals surface area contributed by atoms with Crippen LogP contribution in [0.3, 0.4) is 0 Å². The molecule has 1 saturated carbocycles. The Bertz CT molecular complexity index is 1230. The van der Waals surface area contributed by atoms with Crippen LogP contribution in [0.2, 0.25) is 0 Å². The summed E-state index contributed by atoms with van der Waals surface area (Å²) in [4.78, 5) is 48.9. The predicted molar refractivity (Wildman–Crippen MR) is 165 cm³/mol. The summed E-state index contributed by atoms with van der Waals surface area (Å²) < 4.78 is 15.6. The van der Waals surface area contributed by atoms with E-state index in [1.54, 1.807) is 37.3 Å². The lowest BCUT2D eigenvalue weighted by molar-refractivity contribution is -0.140. The van der Waals surface area contributed by atoms with Gasteiger partial charge in [0.1, 0.15) is 17.6 Å². The summed E-state index contributed by atoms with van der Waals surface area (Å²) in [5, 5.41) is 5.91. The summed E-state index contributed by atoms with van der Waals surface area (Å²) in [5.41, 5.74) is 0.832. The molecule has 2 aliphatic rings. The topological polar surface area (TPSA) is 99.6 Å². The monoisotopic (exact) mass is 596 g/mol. The van der Waals surface area contributed by atoms with Crippen LogP contribution in [-0.4, -0.2) is 81.9 Å². The van der Waals surface area contributed by atoms with E-state index in [4.69, 9.17) is 0 Å². The van der Waals surface area contributed by atoms with Crippen molar-refractivity contribution in [3.8, 4) is 0 Å². The second-order valence-electron chi connectivity index (χ2n) is 13.3. The maximum atomic E-state index is 14.0. The van der Waals surface area contributed by atoms with Crippen molar-refractivity contribution in [2.45, 2.75) is 103 Å². The average molecular weight is 597 g/mol. The van der Waals surface area contributed by atoms with Gasteiger partial charge in [0.2, 0.25) is 11.8 Å². The van der Waals surface area contributed by atoms with Gasteiger partial charge in [-0.05, 0) is 69.2 Å². The fourth-order valence-corrected chi connectivity index (χ4v) is 6.16. The molecule has 10 heteroatoms. The van der Waals surface area contributed by atoms with Gasteiger partial charge in [-0.3, -0.25) is 14.4 Å². The Hall–Kier alpha value is -3.27. The predicted octanol–water partition coefficient (Wildman–Crippen LogP) is 4.34. The van der Waals surface area contributed by atoms with Crippen LogP contribution in [-0.2, 0) is 16.0 Å². The van der Waals surface area contributed by atoms with E-state index >= 15 is 0 Å². The van der Waals surface area contributed by atoms with Crippen LogP contribution in [0.1, 0.15) is 94.7 Å². The van der Waals surface area contributed by atoms with E-state index in [1.165, 1.54) is 31.4 Å². The number of hydrogen-bond donors (Lipinski definition) is 2. The van der Waals surface area contributed by atoms with Crippen LogP contribution in [0.4, 0.5) is 4.39 Å². The van der Waals surface area contributed by atoms with Crippen LogP contribution in [0.25, 0.3) is 0 Å². The summed E-state index contributed by atoms with van der Waals surface area (Å²) in [7, 11) is 1.71. The number of benzene rings is 1. The summed E-state index contributed by atoms with van der Waals surface area (Å²) in [5.74, 6) is -0.815. The second kappa shape index (κ2) is 14.5. The molecule has 2 fully saturated rings. The maximum absolute atomic E-state index is 14.0. The SMILES string of the molecule is CN[C@@H](C)C(=O)N[C@H](C(=O)N1CCC[C@H]1CN(CCc1ccc(F)cc1)C(=O)c1cn(C2CCCCC2)cn1)C(C)(C)C. The molecule has 3 atom stereocenters. The lowest BCUT2D eigenvalue weighted by atomic mass is 9.85. The Morgan fingerprint density at radius 1 is 1.07 bits per heavy atom. The number of aromatic nitrogens is 2. The molecular weight excluding hydrogens is 547 g/mol. The minimum atomic E-state index is -0.703. The summed E-state index contributed by atoms with van der Waals surface area (Å²) >= 11 is 0. The van der Waals surface area contributed by atoms with Crippen molar-refractivity contribution in [3.63, 3.8) is 0 Å². The fourth-order valence-electron chi connectivity index (χ4n) is 6.16. The molecule has 4 rings (SSSR count). The Labute approximate surface area is 255 Å².